The molecule has 1 N–H and O–H groups in total. The second-order valence-corrected chi connectivity index (χ2v) is 12.0. The minimum Gasteiger partial charge on any atom is -0.352 e. The Labute approximate surface area is 218 Å². The minimum atomic E-state index is -3.75. The Morgan fingerprint density at radius 3 is 2.17 bits per heavy atom. The lowest BCUT2D eigenvalue weighted by molar-refractivity contribution is -0.139. The Balaban J connectivity index is 2.38. The van der Waals surface area contributed by atoms with Crippen LogP contribution < -0.4 is 9.62 Å². The third-order valence-corrected chi connectivity index (χ3v) is 7.57. The average molecular weight is 567 g/mol. The first kappa shape index (κ1) is 28.8. The highest BCUT2D eigenvalue weighted by atomic mass is 79.9. The number of carbonyl (C=O) groups is 2. The largest absolute Gasteiger partial charge is 0.352 e. The third-order valence-electron chi connectivity index (χ3n) is 5.94. The van der Waals surface area contributed by atoms with Crippen LogP contribution in [0.3, 0.4) is 0 Å². The van der Waals surface area contributed by atoms with Crippen molar-refractivity contribution in [2.45, 2.75) is 65.6 Å². The molecule has 0 bridgehead atoms. The summed E-state index contributed by atoms with van der Waals surface area (Å²) in [7, 11) is -3.75. The van der Waals surface area contributed by atoms with Crippen LogP contribution in [0.15, 0.2) is 53.0 Å². The van der Waals surface area contributed by atoms with Gasteiger partial charge in [-0.2, -0.15) is 0 Å². The summed E-state index contributed by atoms with van der Waals surface area (Å²) in [6.07, 6.45) is 1.83. The number of nitrogens with zero attached hydrogens (tertiary/aromatic N) is 2. The fourth-order valence-corrected chi connectivity index (χ4v) is 4.82. The van der Waals surface area contributed by atoms with E-state index in [1.54, 1.807) is 19.1 Å². The Morgan fingerprint density at radius 2 is 1.66 bits per heavy atom. The smallest absolute Gasteiger partial charge is 0.244 e. The van der Waals surface area contributed by atoms with Gasteiger partial charge >= 0.3 is 0 Å². The first-order valence-electron chi connectivity index (χ1n) is 11.7. The maximum absolute atomic E-state index is 13.6. The molecule has 9 heteroatoms. The SMILES string of the molecule is CC[C@H](C)NC(=O)[C@@H](C)N(Cc1cccc(Br)c1)C(=O)CN(c1ccc(C(C)C)cc1)S(C)(=O)=O. The second kappa shape index (κ2) is 12.5. The summed E-state index contributed by atoms with van der Waals surface area (Å²) in [5.41, 5.74) is 2.30. The van der Waals surface area contributed by atoms with Crippen LogP contribution >= 0.6 is 15.9 Å². The fourth-order valence-electron chi connectivity index (χ4n) is 3.52. The van der Waals surface area contributed by atoms with E-state index in [4.69, 9.17) is 0 Å². The summed E-state index contributed by atoms with van der Waals surface area (Å²) in [4.78, 5) is 27.9. The molecule has 2 aromatic rings. The van der Waals surface area contributed by atoms with E-state index in [2.05, 4.69) is 35.1 Å². The Kier molecular flexibility index (Phi) is 10.3. The van der Waals surface area contributed by atoms with Gasteiger partial charge in [0.05, 0.1) is 11.9 Å². The van der Waals surface area contributed by atoms with Crippen molar-refractivity contribution in [3.05, 3.63) is 64.1 Å². The molecule has 0 radical (unpaired) electrons. The van der Waals surface area contributed by atoms with Crippen LogP contribution in [0.2, 0.25) is 0 Å². The molecule has 7 nitrogen and oxygen atoms in total. The number of hydrogen-bond donors (Lipinski definition) is 1. The van der Waals surface area contributed by atoms with Gasteiger partial charge in [-0.15, -0.1) is 0 Å². The van der Waals surface area contributed by atoms with E-state index in [0.29, 0.717) is 11.6 Å². The predicted molar refractivity (Wildman–Crippen MR) is 145 cm³/mol. The zero-order chi connectivity index (χ0) is 26.3. The van der Waals surface area contributed by atoms with Gasteiger partial charge in [0.1, 0.15) is 12.6 Å². The van der Waals surface area contributed by atoms with Crippen LogP contribution in [0.5, 0.6) is 0 Å². The molecule has 0 aromatic heterocycles. The quantitative estimate of drug-likeness (QED) is 0.429. The third kappa shape index (κ3) is 8.35. The number of anilines is 1. The molecular weight excluding hydrogens is 530 g/mol. The van der Waals surface area contributed by atoms with Crippen molar-refractivity contribution in [3.63, 3.8) is 0 Å². The van der Waals surface area contributed by atoms with E-state index < -0.39 is 28.5 Å². The number of sulfonamides is 1. The number of benzene rings is 2. The van der Waals surface area contributed by atoms with E-state index in [1.807, 2.05) is 50.2 Å². The van der Waals surface area contributed by atoms with E-state index in [1.165, 1.54) is 4.90 Å². The number of nitrogens with one attached hydrogen (secondary N) is 1. The molecular formula is C26H36BrN3O4S. The summed E-state index contributed by atoms with van der Waals surface area (Å²) in [6, 6.07) is 13.8. The Morgan fingerprint density at radius 1 is 1.03 bits per heavy atom. The lowest BCUT2D eigenvalue weighted by Gasteiger charge is -2.32. The molecule has 0 heterocycles. The lowest BCUT2D eigenvalue weighted by atomic mass is 10.0. The molecule has 0 spiro atoms. The molecule has 0 saturated carbocycles. The van der Waals surface area contributed by atoms with E-state index in [-0.39, 0.29) is 18.5 Å². The van der Waals surface area contributed by atoms with Gasteiger partial charge in [0.15, 0.2) is 0 Å². The Bertz CT molecular complexity index is 1120. The van der Waals surface area contributed by atoms with E-state index in [0.717, 1.165) is 32.6 Å². The standard InChI is InChI=1S/C26H36BrN3O4S/c1-7-19(4)28-26(32)20(5)29(16-21-9-8-10-23(27)15-21)25(31)17-30(35(6,33)34)24-13-11-22(12-14-24)18(2)3/h8-15,18-20H,7,16-17H2,1-6H3,(H,28,32)/t19-,20+/m0/s1. The van der Waals surface area contributed by atoms with Crippen LogP contribution in [0.1, 0.15) is 58.1 Å². The second-order valence-electron chi connectivity index (χ2n) is 9.16. The highest BCUT2D eigenvalue weighted by molar-refractivity contribution is 9.10. The van der Waals surface area contributed by atoms with Crippen molar-refractivity contribution in [1.29, 1.82) is 0 Å². The maximum atomic E-state index is 13.6. The molecule has 0 aliphatic carbocycles. The molecule has 2 aromatic carbocycles. The molecule has 0 aliphatic rings. The average Bonchev–Trinajstić information content (AvgIpc) is 2.79. The summed E-state index contributed by atoms with van der Waals surface area (Å²) in [5.74, 6) is -0.451. The van der Waals surface area contributed by atoms with Crippen molar-refractivity contribution in [3.8, 4) is 0 Å². The van der Waals surface area contributed by atoms with Gasteiger partial charge in [-0.3, -0.25) is 13.9 Å². The van der Waals surface area contributed by atoms with Gasteiger partial charge in [-0.25, -0.2) is 8.42 Å². The van der Waals surface area contributed by atoms with Crippen molar-refractivity contribution in [2.75, 3.05) is 17.1 Å². The van der Waals surface area contributed by atoms with Gasteiger partial charge in [-0.05, 0) is 61.6 Å². The molecule has 2 atom stereocenters. The van der Waals surface area contributed by atoms with E-state index >= 15 is 0 Å². The molecule has 0 aliphatic heterocycles. The molecule has 0 fully saturated rings. The van der Waals surface area contributed by atoms with Crippen LogP contribution in [-0.2, 0) is 26.2 Å². The number of hydrogen-bond acceptors (Lipinski definition) is 4. The number of halogens is 1. The minimum absolute atomic E-state index is 0.0419. The molecule has 2 rings (SSSR count). The molecule has 35 heavy (non-hydrogen) atoms. The van der Waals surface area contributed by atoms with Gasteiger partial charge in [0.25, 0.3) is 0 Å². The van der Waals surface area contributed by atoms with Crippen molar-refractivity contribution < 1.29 is 18.0 Å². The van der Waals surface area contributed by atoms with Crippen molar-refractivity contribution in [2.24, 2.45) is 0 Å². The van der Waals surface area contributed by atoms with E-state index in [9.17, 15) is 18.0 Å². The van der Waals surface area contributed by atoms with Gasteiger partial charge < -0.3 is 10.2 Å². The van der Waals surface area contributed by atoms with Crippen LogP contribution in [0.4, 0.5) is 5.69 Å². The summed E-state index contributed by atoms with van der Waals surface area (Å²) in [5, 5.41) is 2.92. The highest BCUT2D eigenvalue weighted by Gasteiger charge is 2.30. The summed E-state index contributed by atoms with van der Waals surface area (Å²) in [6.45, 7) is 9.39. The van der Waals surface area contributed by atoms with Gasteiger partial charge in [0.2, 0.25) is 21.8 Å². The van der Waals surface area contributed by atoms with Crippen molar-refractivity contribution >= 4 is 43.5 Å². The molecule has 2 amide bonds. The number of amides is 2. The normalized spacial score (nSPS) is 13.3. The van der Waals surface area contributed by atoms with Crippen LogP contribution in [-0.4, -0.2) is 50.0 Å². The summed E-state index contributed by atoms with van der Waals surface area (Å²) < 4.78 is 27.3. The highest BCUT2D eigenvalue weighted by Crippen LogP contribution is 2.23. The van der Waals surface area contributed by atoms with Crippen LogP contribution in [0, 0.1) is 0 Å². The zero-order valence-corrected chi connectivity index (χ0v) is 23.7. The van der Waals surface area contributed by atoms with Crippen LogP contribution in [0.25, 0.3) is 0 Å². The molecule has 192 valence electrons. The molecule has 0 unspecified atom stereocenters. The summed E-state index contributed by atoms with van der Waals surface area (Å²) >= 11 is 3.44. The topological polar surface area (TPSA) is 86.8 Å². The molecule has 0 saturated heterocycles. The number of carbonyl (C=O) groups excluding carboxylic acids is 2. The number of rotatable bonds is 11. The lowest BCUT2D eigenvalue weighted by Crippen LogP contribution is -2.52. The zero-order valence-electron chi connectivity index (χ0n) is 21.3. The predicted octanol–water partition coefficient (Wildman–Crippen LogP) is 4.67. The maximum Gasteiger partial charge on any atom is 0.244 e. The fraction of sp³-hybridized carbons (Fsp3) is 0.462. The van der Waals surface area contributed by atoms with Crippen molar-refractivity contribution in [1.82, 2.24) is 10.2 Å². The monoisotopic (exact) mass is 565 g/mol. The first-order valence-corrected chi connectivity index (χ1v) is 14.4. The Hall–Kier alpha value is -2.39. The first-order chi connectivity index (χ1) is 16.3. The van der Waals surface area contributed by atoms with Gasteiger partial charge in [-0.1, -0.05) is 61.0 Å². The van der Waals surface area contributed by atoms with Gasteiger partial charge in [0, 0.05) is 17.1 Å².